The molecule has 1 unspecified atom stereocenters. The Labute approximate surface area is 176 Å². The molecule has 9 heteroatoms. The van der Waals surface area contributed by atoms with Crippen LogP contribution in [0.5, 0.6) is 0 Å². The van der Waals surface area contributed by atoms with Crippen LogP contribution in [0.3, 0.4) is 0 Å². The highest BCUT2D eigenvalue weighted by molar-refractivity contribution is 7.12. The molecule has 0 saturated heterocycles. The lowest BCUT2D eigenvalue weighted by Crippen LogP contribution is -2.23. The molecule has 0 bridgehead atoms. The molecule has 30 heavy (non-hydrogen) atoms. The Morgan fingerprint density at radius 1 is 1.17 bits per heavy atom. The molecular formula is C21H20N6O2S. The summed E-state index contributed by atoms with van der Waals surface area (Å²) in [6.07, 6.45) is 3.85. The number of benzene rings is 1. The summed E-state index contributed by atoms with van der Waals surface area (Å²) >= 11 is 1.35. The van der Waals surface area contributed by atoms with Crippen LogP contribution < -0.4 is 16.4 Å². The highest BCUT2D eigenvalue weighted by Crippen LogP contribution is 2.26. The highest BCUT2D eigenvalue weighted by Gasteiger charge is 2.21. The minimum atomic E-state index is -0.401. The number of rotatable bonds is 7. The topological polar surface area (TPSA) is 126 Å². The third kappa shape index (κ3) is 4.22. The highest BCUT2D eigenvalue weighted by atomic mass is 32.1. The van der Waals surface area contributed by atoms with E-state index in [-0.39, 0.29) is 11.8 Å². The van der Waals surface area contributed by atoms with E-state index in [1.54, 1.807) is 42.7 Å². The molecular weight excluding hydrogens is 400 g/mol. The van der Waals surface area contributed by atoms with Crippen LogP contribution in [0.4, 0.5) is 11.5 Å². The van der Waals surface area contributed by atoms with E-state index in [4.69, 9.17) is 5.73 Å². The average Bonchev–Trinajstić information content (AvgIpc) is 3.43. The summed E-state index contributed by atoms with van der Waals surface area (Å²) < 4.78 is 0. The lowest BCUT2D eigenvalue weighted by molar-refractivity contribution is -0.117. The minimum absolute atomic E-state index is 0.166. The molecule has 1 aromatic carbocycles. The van der Waals surface area contributed by atoms with Gasteiger partial charge in [0.1, 0.15) is 0 Å². The number of H-pyrrole nitrogens is 1. The van der Waals surface area contributed by atoms with E-state index in [0.29, 0.717) is 34.7 Å². The van der Waals surface area contributed by atoms with Crippen LogP contribution in [-0.2, 0) is 4.79 Å². The SMILES string of the molecule is NCCC(C(=O)Nc1ccc2[nH]nc(NC(=O)c3cccs3)c2c1)c1cccnc1. The second kappa shape index (κ2) is 8.85. The second-order valence-corrected chi connectivity index (χ2v) is 7.62. The van der Waals surface area contributed by atoms with Crippen molar-refractivity contribution in [2.75, 3.05) is 17.2 Å². The number of hydrogen-bond acceptors (Lipinski definition) is 6. The van der Waals surface area contributed by atoms with E-state index in [2.05, 4.69) is 25.8 Å². The van der Waals surface area contributed by atoms with Gasteiger partial charge in [-0.15, -0.1) is 11.3 Å². The molecule has 0 radical (unpaired) electrons. The van der Waals surface area contributed by atoms with Crippen LogP contribution in [-0.4, -0.2) is 33.5 Å². The van der Waals surface area contributed by atoms with Gasteiger partial charge in [0.2, 0.25) is 5.91 Å². The number of thiophene rings is 1. The Balaban J connectivity index is 1.55. The molecule has 0 aliphatic carbocycles. The molecule has 0 aliphatic rings. The zero-order chi connectivity index (χ0) is 20.9. The predicted molar refractivity (Wildman–Crippen MR) is 118 cm³/mol. The number of aromatic nitrogens is 3. The maximum absolute atomic E-state index is 12.9. The number of amides is 2. The number of carbonyl (C=O) groups is 2. The lowest BCUT2D eigenvalue weighted by Gasteiger charge is -2.16. The Kier molecular flexibility index (Phi) is 5.82. The number of nitrogens with two attached hydrogens (primary N) is 1. The molecule has 4 rings (SSSR count). The molecule has 5 N–H and O–H groups in total. The van der Waals surface area contributed by atoms with Crippen molar-refractivity contribution in [3.05, 3.63) is 70.7 Å². The summed E-state index contributed by atoms with van der Waals surface area (Å²) in [6, 6.07) is 12.6. The van der Waals surface area contributed by atoms with E-state index in [1.807, 2.05) is 17.5 Å². The standard InChI is InChI=1S/C21H20N6O2S/c22-8-7-15(13-3-1-9-23-12-13)20(28)24-14-5-6-17-16(11-14)19(27-26-17)25-21(29)18-4-2-10-30-18/h1-6,9-12,15H,7-8,22H2,(H,24,28)(H2,25,26,27,29). The minimum Gasteiger partial charge on any atom is -0.330 e. The molecule has 0 spiro atoms. The summed E-state index contributed by atoms with van der Waals surface area (Å²) in [4.78, 5) is 30.0. The zero-order valence-corrected chi connectivity index (χ0v) is 16.8. The molecule has 3 heterocycles. The van der Waals surface area contributed by atoms with E-state index in [9.17, 15) is 9.59 Å². The fourth-order valence-electron chi connectivity index (χ4n) is 3.19. The van der Waals surface area contributed by atoms with Crippen LogP contribution in [0.15, 0.2) is 60.2 Å². The Morgan fingerprint density at radius 3 is 2.80 bits per heavy atom. The number of carbonyl (C=O) groups excluding carboxylic acids is 2. The number of pyridine rings is 1. The van der Waals surface area contributed by atoms with E-state index in [1.165, 1.54) is 11.3 Å². The lowest BCUT2D eigenvalue weighted by atomic mass is 9.96. The van der Waals surface area contributed by atoms with Gasteiger partial charge in [0.25, 0.3) is 5.91 Å². The van der Waals surface area contributed by atoms with E-state index < -0.39 is 5.92 Å². The van der Waals surface area contributed by atoms with Crippen molar-refractivity contribution in [3.63, 3.8) is 0 Å². The molecule has 0 saturated carbocycles. The maximum Gasteiger partial charge on any atom is 0.266 e. The summed E-state index contributed by atoms with van der Waals surface area (Å²) in [5, 5.41) is 15.4. The Hall–Kier alpha value is -3.56. The molecule has 4 aromatic rings. The van der Waals surface area contributed by atoms with Crippen LogP contribution in [0.1, 0.15) is 27.6 Å². The van der Waals surface area contributed by atoms with Gasteiger partial charge in [-0.1, -0.05) is 12.1 Å². The van der Waals surface area contributed by atoms with Gasteiger partial charge in [0.05, 0.1) is 16.3 Å². The predicted octanol–water partition coefficient (Wildman–Crippen LogP) is 3.34. The van der Waals surface area contributed by atoms with Crippen molar-refractivity contribution in [3.8, 4) is 0 Å². The fourth-order valence-corrected chi connectivity index (χ4v) is 3.81. The van der Waals surface area contributed by atoms with Gasteiger partial charge in [0.15, 0.2) is 5.82 Å². The Bertz CT molecular complexity index is 1160. The molecule has 1 atom stereocenters. The first-order valence-corrected chi connectivity index (χ1v) is 10.3. The maximum atomic E-state index is 12.9. The van der Waals surface area contributed by atoms with Gasteiger partial charge in [-0.05, 0) is 54.2 Å². The summed E-state index contributed by atoms with van der Waals surface area (Å²) in [5.74, 6) is -0.389. The van der Waals surface area contributed by atoms with Gasteiger partial charge in [-0.3, -0.25) is 19.7 Å². The quantitative estimate of drug-likeness (QED) is 0.365. The van der Waals surface area contributed by atoms with Crippen molar-refractivity contribution in [1.82, 2.24) is 15.2 Å². The molecule has 2 amide bonds. The summed E-state index contributed by atoms with van der Waals surface area (Å²) in [7, 11) is 0. The summed E-state index contributed by atoms with van der Waals surface area (Å²) in [5.41, 5.74) is 7.88. The van der Waals surface area contributed by atoms with Gasteiger partial charge < -0.3 is 16.4 Å². The summed E-state index contributed by atoms with van der Waals surface area (Å²) in [6.45, 7) is 0.382. The number of nitrogens with one attached hydrogen (secondary N) is 3. The molecule has 0 aliphatic heterocycles. The van der Waals surface area contributed by atoms with Crippen molar-refractivity contribution in [2.45, 2.75) is 12.3 Å². The van der Waals surface area contributed by atoms with Crippen molar-refractivity contribution < 1.29 is 9.59 Å². The third-order valence-electron chi connectivity index (χ3n) is 4.67. The molecule has 8 nitrogen and oxygen atoms in total. The first-order valence-electron chi connectivity index (χ1n) is 9.39. The van der Waals surface area contributed by atoms with Crippen LogP contribution in [0, 0.1) is 0 Å². The molecule has 0 fully saturated rings. The normalized spacial score (nSPS) is 11.9. The first-order chi connectivity index (χ1) is 14.7. The number of anilines is 2. The number of hydrogen-bond donors (Lipinski definition) is 4. The fraction of sp³-hybridized carbons (Fsp3) is 0.143. The number of aromatic amines is 1. The Morgan fingerprint density at radius 2 is 2.07 bits per heavy atom. The average molecular weight is 420 g/mol. The molecule has 3 aromatic heterocycles. The van der Waals surface area contributed by atoms with Gasteiger partial charge in [-0.25, -0.2) is 0 Å². The van der Waals surface area contributed by atoms with Crippen molar-refractivity contribution in [2.24, 2.45) is 5.73 Å². The third-order valence-corrected chi connectivity index (χ3v) is 5.53. The second-order valence-electron chi connectivity index (χ2n) is 6.67. The largest absolute Gasteiger partial charge is 0.330 e. The van der Waals surface area contributed by atoms with Crippen LogP contribution >= 0.6 is 11.3 Å². The van der Waals surface area contributed by atoms with Gasteiger partial charge in [-0.2, -0.15) is 5.10 Å². The van der Waals surface area contributed by atoms with Gasteiger partial charge >= 0.3 is 0 Å². The van der Waals surface area contributed by atoms with Crippen molar-refractivity contribution >= 4 is 45.6 Å². The van der Waals surface area contributed by atoms with Crippen molar-refractivity contribution in [1.29, 1.82) is 0 Å². The molecule has 152 valence electrons. The zero-order valence-electron chi connectivity index (χ0n) is 16.0. The smallest absolute Gasteiger partial charge is 0.266 e. The van der Waals surface area contributed by atoms with Crippen LogP contribution in [0.25, 0.3) is 10.9 Å². The van der Waals surface area contributed by atoms with E-state index in [0.717, 1.165) is 11.1 Å². The number of nitrogens with zero attached hydrogens (tertiary/aromatic N) is 2. The monoisotopic (exact) mass is 420 g/mol. The van der Waals surface area contributed by atoms with Gasteiger partial charge in [0, 0.05) is 23.5 Å². The van der Waals surface area contributed by atoms with Crippen LogP contribution in [0.2, 0.25) is 0 Å². The van der Waals surface area contributed by atoms with E-state index >= 15 is 0 Å². The first kappa shape index (κ1) is 19.7. The number of fused-ring (bicyclic) bond motifs is 1.